The van der Waals surface area contributed by atoms with Gasteiger partial charge in [-0.05, 0) is 51.4 Å². The maximum Gasteiger partial charge on any atom is 0.472 e. The Morgan fingerprint density at radius 2 is 1.11 bits per heavy atom. The smallest absolute Gasteiger partial charge is 0.387 e. The van der Waals surface area contributed by atoms with Crippen LogP contribution in [0.1, 0.15) is 181 Å². The molecule has 3 N–H and O–H groups in total. The number of nitrogens with one attached hydrogen (secondary N) is 1. The second-order valence-electron chi connectivity index (χ2n) is 16.0. The van der Waals surface area contributed by atoms with Crippen molar-refractivity contribution in [3.05, 3.63) is 48.6 Å². The molecule has 316 valence electrons. The van der Waals surface area contributed by atoms with Crippen molar-refractivity contribution in [2.45, 2.75) is 193 Å². The molecule has 0 saturated carbocycles. The summed E-state index contributed by atoms with van der Waals surface area (Å²) < 4.78 is 23.5. The van der Waals surface area contributed by atoms with E-state index in [9.17, 15) is 19.4 Å². The van der Waals surface area contributed by atoms with Crippen molar-refractivity contribution in [2.75, 3.05) is 40.9 Å². The van der Waals surface area contributed by atoms with Gasteiger partial charge in [-0.15, -0.1) is 0 Å². The Balaban J connectivity index is 4.47. The van der Waals surface area contributed by atoms with E-state index in [0.29, 0.717) is 17.4 Å². The van der Waals surface area contributed by atoms with Gasteiger partial charge in [0.25, 0.3) is 0 Å². The summed E-state index contributed by atoms with van der Waals surface area (Å²) in [6.07, 6.45) is 46.0. The number of rotatable bonds is 39. The number of phosphoric ester groups is 1. The molecule has 0 aliphatic carbocycles. The number of carbonyl (C=O) groups is 1. The van der Waals surface area contributed by atoms with Crippen LogP contribution < -0.4 is 5.32 Å². The lowest BCUT2D eigenvalue weighted by Gasteiger charge is -2.25. The van der Waals surface area contributed by atoms with Crippen LogP contribution in [0.4, 0.5) is 0 Å². The van der Waals surface area contributed by atoms with Gasteiger partial charge < -0.3 is 19.8 Å². The van der Waals surface area contributed by atoms with E-state index in [-0.39, 0.29) is 19.1 Å². The summed E-state index contributed by atoms with van der Waals surface area (Å²) in [6.45, 7) is 4.68. The number of hydrogen-bond donors (Lipinski definition) is 3. The zero-order valence-corrected chi connectivity index (χ0v) is 36.6. The van der Waals surface area contributed by atoms with Gasteiger partial charge in [0, 0.05) is 6.42 Å². The molecule has 1 amide bonds. The molecule has 3 atom stereocenters. The van der Waals surface area contributed by atoms with Crippen molar-refractivity contribution >= 4 is 13.7 Å². The van der Waals surface area contributed by atoms with Crippen molar-refractivity contribution in [1.29, 1.82) is 0 Å². The fourth-order valence-corrected chi connectivity index (χ4v) is 6.79. The van der Waals surface area contributed by atoms with Crippen LogP contribution in [-0.2, 0) is 18.4 Å². The Morgan fingerprint density at radius 3 is 1.63 bits per heavy atom. The molecule has 0 bridgehead atoms. The van der Waals surface area contributed by atoms with E-state index in [1.165, 1.54) is 83.5 Å². The third-order valence-electron chi connectivity index (χ3n) is 9.55. The first-order valence-corrected chi connectivity index (χ1v) is 23.5. The number of quaternary nitrogens is 1. The molecule has 0 aromatic heterocycles. The van der Waals surface area contributed by atoms with Crippen LogP contribution in [0.25, 0.3) is 0 Å². The Labute approximate surface area is 333 Å². The van der Waals surface area contributed by atoms with E-state index >= 15 is 0 Å². The molecule has 0 saturated heterocycles. The molecule has 0 heterocycles. The highest BCUT2D eigenvalue weighted by Crippen LogP contribution is 2.43. The quantitative estimate of drug-likeness (QED) is 0.0248. The molecule has 0 aliphatic heterocycles. The summed E-state index contributed by atoms with van der Waals surface area (Å²) in [5, 5.41) is 13.8. The normalized spacial score (nSPS) is 14.9. The van der Waals surface area contributed by atoms with Crippen LogP contribution in [0.5, 0.6) is 0 Å². The molecule has 8 nitrogen and oxygen atoms in total. The Kier molecular flexibility index (Phi) is 36.0. The molecular weight excluding hydrogens is 695 g/mol. The van der Waals surface area contributed by atoms with Crippen molar-refractivity contribution < 1.29 is 32.9 Å². The molecular formula is C45H86N2O6P+. The van der Waals surface area contributed by atoms with Gasteiger partial charge in [-0.3, -0.25) is 13.8 Å². The van der Waals surface area contributed by atoms with Crippen LogP contribution in [0.2, 0.25) is 0 Å². The highest BCUT2D eigenvalue weighted by molar-refractivity contribution is 7.47. The van der Waals surface area contributed by atoms with Gasteiger partial charge in [0.1, 0.15) is 13.2 Å². The number of aliphatic hydroxyl groups is 1. The molecule has 0 aromatic carbocycles. The number of nitrogens with zero attached hydrogens (tertiary/aromatic N) is 1. The van der Waals surface area contributed by atoms with Gasteiger partial charge in [-0.2, -0.15) is 0 Å². The lowest BCUT2D eigenvalue weighted by atomic mass is 10.0. The Morgan fingerprint density at radius 1 is 0.648 bits per heavy atom. The lowest BCUT2D eigenvalue weighted by Crippen LogP contribution is -2.45. The molecule has 0 radical (unpaired) electrons. The first-order valence-electron chi connectivity index (χ1n) is 22.0. The monoisotopic (exact) mass is 782 g/mol. The van der Waals surface area contributed by atoms with E-state index in [2.05, 4.69) is 55.6 Å². The van der Waals surface area contributed by atoms with Gasteiger partial charge in [0.2, 0.25) is 5.91 Å². The van der Waals surface area contributed by atoms with E-state index in [4.69, 9.17) is 9.05 Å². The second kappa shape index (κ2) is 37.1. The number of allylic oxidation sites excluding steroid dienone is 7. The fourth-order valence-electron chi connectivity index (χ4n) is 6.05. The summed E-state index contributed by atoms with van der Waals surface area (Å²) in [6, 6.07) is -0.855. The minimum Gasteiger partial charge on any atom is -0.387 e. The van der Waals surface area contributed by atoms with Crippen molar-refractivity contribution in [2.24, 2.45) is 0 Å². The number of carbonyl (C=O) groups excluding carboxylic acids is 1. The van der Waals surface area contributed by atoms with Gasteiger partial charge in [-0.1, -0.05) is 172 Å². The molecule has 3 unspecified atom stereocenters. The molecule has 0 aromatic rings. The summed E-state index contributed by atoms with van der Waals surface area (Å²) >= 11 is 0. The highest BCUT2D eigenvalue weighted by atomic mass is 31.2. The lowest BCUT2D eigenvalue weighted by molar-refractivity contribution is -0.870. The van der Waals surface area contributed by atoms with Crippen LogP contribution in [0.3, 0.4) is 0 Å². The van der Waals surface area contributed by atoms with Gasteiger partial charge in [0.05, 0.1) is 39.9 Å². The SMILES string of the molecule is CC/C=C\C/C=C\C/C=C\CCCCCCCC(=O)NC(COP(=O)(O)OCC[N+](C)(C)C)C(O)/C=C/CCCCCCCCCCCCCCCCC. The third kappa shape index (κ3) is 38.7. The number of hydrogen-bond acceptors (Lipinski definition) is 5. The van der Waals surface area contributed by atoms with Gasteiger partial charge >= 0.3 is 7.82 Å². The van der Waals surface area contributed by atoms with Gasteiger partial charge in [-0.25, -0.2) is 4.57 Å². The van der Waals surface area contributed by atoms with E-state index < -0.39 is 20.0 Å². The molecule has 0 fully saturated rings. The zero-order valence-electron chi connectivity index (χ0n) is 35.7. The molecule has 9 heteroatoms. The first-order chi connectivity index (χ1) is 26.0. The average molecular weight is 782 g/mol. The summed E-state index contributed by atoms with van der Waals surface area (Å²) in [4.78, 5) is 23.1. The maximum atomic E-state index is 12.8. The van der Waals surface area contributed by atoms with E-state index in [1.807, 2.05) is 27.2 Å². The minimum atomic E-state index is -4.34. The van der Waals surface area contributed by atoms with Gasteiger partial charge in [0.15, 0.2) is 0 Å². The predicted octanol–water partition coefficient (Wildman–Crippen LogP) is 12.1. The highest BCUT2D eigenvalue weighted by Gasteiger charge is 2.27. The first kappa shape index (κ1) is 52.5. The predicted molar refractivity (Wildman–Crippen MR) is 231 cm³/mol. The molecule has 0 rings (SSSR count). The van der Waals surface area contributed by atoms with Crippen molar-refractivity contribution in [3.63, 3.8) is 0 Å². The number of aliphatic hydroxyl groups excluding tert-OH is 1. The number of phosphoric acid groups is 1. The number of unbranched alkanes of at least 4 members (excludes halogenated alkanes) is 20. The summed E-state index contributed by atoms with van der Waals surface area (Å²) in [5.41, 5.74) is 0. The average Bonchev–Trinajstić information content (AvgIpc) is 3.12. The van der Waals surface area contributed by atoms with Crippen molar-refractivity contribution in [1.82, 2.24) is 5.32 Å². The molecule has 0 spiro atoms. The Bertz CT molecular complexity index is 1020. The summed E-state index contributed by atoms with van der Waals surface area (Å²) in [5.74, 6) is -0.196. The zero-order chi connectivity index (χ0) is 40.0. The topological polar surface area (TPSA) is 105 Å². The number of amides is 1. The number of likely N-dealkylation sites (N-methyl/N-ethyl adjacent to an activating group) is 1. The van der Waals surface area contributed by atoms with E-state index in [1.54, 1.807) is 6.08 Å². The third-order valence-corrected chi connectivity index (χ3v) is 10.5. The van der Waals surface area contributed by atoms with Crippen LogP contribution in [0.15, 0.2) is 48.6 Å². The fraction of sp³-hybridized carbons (Fsp3) is 0.800. The van der Waals surface area contributed by atoms with Crippen LogP contribution in [0, 0.1) is 0 Å². The minimum absolute atomic E-state index is 0.0564. The van der Waals surface area contributed by atoms with E-state index in [0.717, 1.165) is 77.0 Å². The maximum absolute atomic E-state index is 12.8. The molecule has 54 heavy (non-hydrogen) atoms. The summed E-state index contributed by atoms with van der Waals surface area (Å²) in [7, 11) is 1.55. The molecule has 0 aliphatic rings. The standard InChI is InChI=1S/C45H85N2O6P/c1-6-8-10-12-14-16-18-20-22-23-25-26-28-30-32-34-36-38-44(48)43(42-53-54(50,51)52-41-40-47(3,4)5)46-45(49)39-37-35-33-31-29-27-24-21-19-17-15-13-11-9-7-2/h9,11,15,17,21,24,36,38,43-44,48H,6-8,10,12-14,16,18-20,22-23,25-35,37,39-42H2,1-5H3,(H-,46,49,50,51)/p+1/b11-9-,17-15-,24-21-,38-36+. The largest absolute Gasteiger partial charge is 0.472 e. The Hall–Kier alpha value is -1.54. The van der Waals surface area contributed by atoms with Crippen LogP contribution >= 0.6 is 7.82 Å². The van der Waals surface area contributed by atoms with Crippen molar-refractivity contribution in [3.8, 4) is 0 Å². The van der Waals surface area contributed by atoms with Crippen LogP contribution in [-0.4, -0.2) is 73.4 Å². The second-order valence-corrected chi connectivity index (χ2v) is 17.5.